The lowest BCUT2D eigenvalue weighted by molar-refractivity contribution is 0.598. The molecule has 18 heavy (non-hydrogen) atoms. The summed E-state index contributed by atoms with van der Waals surface area (Å²) in [5.74, 6) is 0. The van der Waals surface area contributed by atoms with Crippen molar-refractivity contribution in [3.8, 4) is 11.1 Å². The Labute approximate surface area is 106 Å². The first-order valence-corrected chi connectivity index (χ1v) is 6.92. The van der Waals surface area contributed by atoms with E-state index >= 15 is 0 Å². The molecule has 0 bridgehead atoms. The molecule has 0 fully saturated rings. The minimum atomic E-state index is -3.64. The molecule has 0 spiro atoms. The van der Waals surface area contributed by atoms with Crippen LogP contribution in [-0.2, 0) is 10.0 Å². The van der Waals surface area contributed by atoms with Gasteiger partial charge in [0.2, 0.25) is 10.0 Å². The van der Waals surface area contributed by atoms with E-state index in [9.17, 15) is 8.42 Å². The highest BCUT2D eigenvalue weighted by Gasteiger charge is 2.08. The SMILES string of the molecule is Cc1ccc(N)cc1-c1ccc(S(N)(=O)=O)cc1. The monoisotopic (exact) mass is 262 g/mol. The fraction of sp³-hybridized carbons (Fsp3) is 0.0769. The smallest absolute Gasteiger partial charge is 0.238 e. The van der Waals surface area contributed by atoms with Crippen molar-refractivity contribution in [3.63, 3.8) is 0 Å². The lowest BCUT2D eigenvalue weighted by Gasteiger charge is -2.08. The normalized spacial score (nSPS) is 11.4. The third-order valence-electron chi connectivity index (χ3n) is 2.76. The molecule has 4 N–H and O–H groups in total. The van der Waals surface area contributed by atoms with E-state index in [2.05, 4.69) is 0 Å². The van der Waals surface area contributed by atoms with E-state index in [0.717, 1.165) is 16.7 Å². The van der Waals surface area contributed by atoms with Gasteiger partial charge in [0.15, 0.2) is 0 Å². The van der Waals surface area contributed by atoms with Gasteiger partial charge in [-0.3, -0.25) is 0 Å². The van der Waals surface area contributed by atoms with E-state index in [1.165, 1.54) is 12.1 Å². The molecule has 0 radical (unpaired) electrons. The number of benzene rings is 2. The molecule has 0 atom stereocenters. The van der Waals surface area contributed by atoms with Crippen LogP contribution < -0.4 is 10.9 Å². The van der Waals surface area contributed by atoms with Crippen LogP contribution in [0.5, 0.6) is 0 Å². The van der Waals surface area contributed by atoms with E-state index in [1.54, 1.807) is 12.1 Å². The van der Waals surface area contributed by atoms with Crippen molar-refractivity contribution in [2.24, 2.45) is 5.14 Å². The highest BCUT2D eigenvalue weighted by Crippen LogP contribution is 2.26. The van der Waals surface area contributed by atoms with E-state index < -0.39 is 10.0 Å². The predicted octanol–water partition coefficient (Wildman–Crippen LogP) is 1.89. The van der Waals surface area contributed by atoms with Crippen LogP contribution in [0.2, 0.25) is 0 Å². The second-order valence-corrected chi connectivity index (χ2v) is 5.71. The molecule has 0 heterocycles. The first-order chi connectivity index (χ1) is 8.38. The Hall–Kier alpha value is -1.85. The van der Waals surface area contributed by atoms with Gasteiger partial charge in [0, 0.05) is 5.69 Å². The van der Waals surface area contributed by atoms with Gasteiger partial charge in [-0.05, 0) is 47.9 Å². The third kappa shape index (κ3) is 2.52. The number of nitrogens with two attached hydrogens (primary N) is 2. The van der Waals surface area contributed by atoms with Gasteiger partial charge in [0.25, 0.3) is 0 Å². The maximum absolute atomic E-state index is 11.2. The summed E-state index contributed by atoms with van der Waals surface area (Å²) < 4.78 is 22.3. The number of nitrogen functional groups attached to an aromatic ring is 1. The number of rotatable bonds is 2. The quantitative estimate of drug-likeness (QED) is 0.810. The molecule has 0 saturated heterocycles. The van der Waals surface area contributed by atoms with Crippen LogP contribution in [0.4, 0.5) is 5.69 Å². The molecule has 0 aliphatic carbocycles. The Morgan fingerprint density at radius 1 is 1.00 bits per heavy atom. The minimum Gasteiger partial charge on any atom is -0.399 e. The molecule has 4 nitrogen and oxygen atoms in total. The van der Waals surface area contributed by atoms with E-state index in [4.69, 9.17) is 10.9 Å². The van der Waals surface area contributed by atoms with E-state index in [0.29, 0.717) is 5.69 Å². The van der Waals surface area contributed by atoms with Gasteiger partial charge in [0.1, 0.15) is 0 Å². The second-order valence-electron chi connectivity index (χ2n) is 4.14. The fourth-order valence-electron chi connectivity index (χ4n) is 1.77. The largest absolute Gasteiger partial charge is 0.399 e. The summed E-state index contributed by atoms with van der Waals surface area (Å²) >= 11 is 0. The Balaban J connectivity index is 2.50. The van der Waals surface area contributed by atoms with Crippen LogP contribution in [0.3, 0.4) is 0 Å². The van der Waals surface area contributed by atoms with Crippen molar-refractivity contribution >= 4 is 15.7 Å². The Bertz CT molecular complexity index is 677. The summed E-state index contributed by atoms with van der Waals surface area (Å²) in [5.41, 5.74) is 9.39. The number of sulfonamides is 1. The summed E-state index contributed by atoms with van der Waals surface area (Å²) in [5, 5.41) is 5.05. The van der Waals surface area contributed by atoms with Gasteiger partial charge in [-0.2, -0.15) is 0 Å². The van der Waals surface area contributed by atoms with E-state index in [-0.39, 0.29) is 4.90 Å². The van der Waals surface area contributed by atoms with Gasteiger partial charge >= 0.3 is 0 Å². The number of hydrogen-bond acceptors (Lipinski definition) is 3. The molecule has 0 unspecified atom stereocenters. The average molecular weight is 262 g/mol. The first kappa shape index (κ1) is 12.6. The lowest BCUT2D eigenvalue weighted by atomic mass is 10.0. The summed E-state index contributed by atoms with van der Waals surface area (Å²) in [4.78, 5) is 0.104. The molecule has 0 aliphatic heterocycles. The maximum Gasteiger partial charge on any atom is 0.238 e. The molecule has 0 aromatic heterocycles. The van der Waals surface area contributed by atoms with Crippen LogP contribution in [0, 0.1) is 6.92 Å². The van der Waals surface area contributed by atoms with Crippen LogP contribution in [0.1, 0.15) is 5.56 Å². The number of primary sulfonamides is 1. The molecular formula is C13H14N2O2S. The summed E-state index contributed by atoms with van der Waals surface area (Å²) in [6, 6.07) is 12.1. The number of anilines is 1. The lowest BCUT2D eigenvalue weighted by Crippen LogP contribution is -2.11. The van der Waals surface area contributed by atoms with Crippen molar-refractivity contribution in [1.82, 2.24) is 0 Å². The number of hydrogen-bond donors (Lipinski definition) is 2. The zero-order valence-corrected chi connectivity index (χ0v) is 10.7. The topological polar surface area (TPSA) is 86.2 Å². The summed E-state index contributed by atoms with van der Waals surface area (Å²) in [6.45, 7) is 1.97. The second kappa shape index (κ2) is 4.44. The maximum atomic E-state index is 11.2. The van der Waals surface area contributed by atoms with Crippen molar-refractivity contribution in [1.29, 1.82) is 0 Å². The molecule has 0 aliphatic rings. The minimum absolute atomic E-state index is 0.104. The first-order valence-electron chi connectivity index (χ1n) is 5.37. The molecule has 0 saturated carbocycles. The van der Waals surface area contributed by atoms with Crippen molar-refractivity contribution < 1.29 is 8.42 Å². The van der Waals surface area contributed by atoms with Gasteiger partial charge in [0.05, 0.1) is 4.90 Å². The Kier molecular flexibility index (Phi) is 3.11. The predicted molar refractivity (Wildman–Crippen MR) is 72.4 cm³/mol. The number of aryl methyl sites for hydroxylation is 1. The van der Waals surface area contributed by atoms with Gasteiger partial charge in [-0.15, -0.1) is 0 Å². The van der Waals surface area contributed by atoms with Crippen molar-refractivity contribution in [2.75, 3.05) is 5.73 Å². The molecule has 94 valence electrons. The molecular weight excluding hydrogens is 248 g/mol. The third-order valence-corrected chi connectivity index (χ3v) is 3.68. The van der Waals surface area contributed by atoms with Crippen LogP contribution in [-0.4, -0.2) is 8.42 Å². The Morgan fingerprint density at radius 3 is 2.17 bits per heavy atom. The van der Waals surface area contributed by atoms with Gasteiger partial charge in [-0.25, -0.2) is 13.6 Å². The van der Waals surface area contributed by atoms with Crippen LogP contribution in [0.25, 0.3) is 11.1 Å². The zero-order valence-electron chi connectivity index (χ0n) is 9.92. The molecule has 5 heteroatoms. The molecule has 2 rings (SSSR count). The molecule has 2 aromatic rings. The van der Waals surface area contributed by atoms with E-state index in [1.807, 2.05) is 25.1 Å². The average Bonchev–Trinajstić information content (AvgIpc) is 2.31. The highest BCUT2D eigenvalue weighted by molar-refractivity contribution is 7.89. The zero-order chi connectivity index (χ0) is 13.3. The highest BCUT2D eigenvalue weighted by atomic mass is 32.2. The molecule has 0 amide bonds. The van der Waals surface area contributed by atoms with Crippen LogP contribution >= 0.6 is 0 Å². The van der Waals surface area contributed by atoms with Crippen molar-refractivity contribution in [2.45, 2.75) is 11.8 Å². The summed E-state index contributed by atoms with van der Waals surface area (Å²) in [6.07, 6.45) is 0. The van der Waals surface area contributed by atoms with Crippen molar-refractivity contribution in [3.05, 3.63) is 48.0 Å². The van der Waals surface area contributed by atoms with Crippen LogP contribution in [0.15, 0.2) is 47.4 Å². The van der Waals surface area contributed by atoms with Gasteiger partial charge < -0.3 is 5.73 Å². The standard InChI is InChI=1S/C13H14N2O2S/c1-9-2-5-11(14)8-13(9)10-3-6-12(7-4-10)18(15,16)17/h2-8H,14H2,1H3,(H2,15,16,17). The Morgan fingerprint density at radius 2 is 1.61 bits per heavy atom. The molecule has 2 aromatic carbocycles. The fourth-order valence-corrected chi connectivity index (χ4v) is 2.29. The summed E-state index contributed by atoms with van der Waals surface area (Å²) in [7, 11) is -3.64. The van der Waals surface area contributed by atoms with Gasteiger partial charge in [-0.1, -0.05) is 18.2 Å².